The summed E-state index contributed by atoms with van der Waals surface area (Å²) in [7, 11) is 0. The SMILES string of the molecule is NCCCn1nc2ccc(CN3CCN(Cc4ccccc4Cl)CC3)cc2c1-c1ccc(OC(F)(F)F)cc1. The van der Waals surface area contributed by atoms with Crippen LogP contribution in [-0.4, -0.2) is 58.7 Å². The summed E-state index contributed by atoms with van der Waals surface area (Å²) in [5.74, 6) is -0.252. The molecular formula is C29H31ClF3N5O. The molecule has 206 valence electrons. The minimum Gasteiger partial charge on any atom is -0.406 e. The van der Waals surface area contributed by atoms with Crippen LogP contribution in [0.5, 0.6) is 5.75 Å². The summed E-state index contributed by atoms with van der Waals surface area (Å²) < 4.78 is 43.9. The molecule has 0 radical (unpaired) electrons. The summed E-state index contributed by atoms with van der Waals surface area (Å²) in [6, 6.07) is 20.2. The predicted molar refractivity (Wildman–Crippen MR) is 148 cm³/mol. The summed E-state index contributed by atoms with van der Waals surface area (Å²) in [5.41, 5.74) is 10.5. The van der Waals surface area contributed by atoms with Crippen LogP contribution in [0.15, 0.2) is 66.7 Å². The lowest BCUT2D eigenvalue weighted by molar-refractivity contribution is -0.274. The minimum atomic E-state index is -4.73. The number of fused-ring (bicyclic) bond motifs is 1. The van der Waals surface area contributed by atoms with Gasteiger partial charge in [0.2, 0.25) is 0 Å². The first-order valence-corrected chi connectivity index (χ1v) is 13.4. The molecule has 1 aliphatic heterocycles. The topological polar surface area (TPSA) is 59.6 Å². The van der Waals surface area contributed by atoms with Crippen molar-refractivity contribution in [1.29, 1.82) is 0 Å². The number of benzene rings is 3. The van der Waals surface area contributed by atoms with Gasteiger partial charge in [0.05, 0.1) is 11.2 Å². The Balaban J connectivity index is 1.32. The van der Waals surface area contributed by atoms with E-state index < -0.39 is 6.36 Å². The number of nitrogens with two attached hydrogens (primary N) is 1. The fraction of sp³-hybridized carbons (Fsp3) is 0.345. The Morgan fingerprint density at radius 1 is 0.897 bits per heavy atom. The van der Waals surface area contributed by atoms with Crippen LogP contribution < -0.4 is 10.5 Å². The number of aryl methyl sites for hydroxylation is 1. The molecule has 1 saturated heterocycles. The first-order chi connectivity index (χ1) is 18.8. The van der Waals surface area contributed by atoms with Crippen LogP contribution in [0.1, 0.15) is 17.5 Å². The van der Waals surface area contributed by atoms with Gasteiger partial charge in [0.25, 0.3) is 0 Å². The lowest BCUT2D eigenvalue weighted by Crippen LogP contribution is -2.45. The summed E-state index contributed by atoms with van der Waals surface area (Å²) in [6.45, 7) is 6.60. The van der Waals surface area contributed by atoms with Gasteiger partial charge in [0, 0.05) is 61.8 Å². The second kappa shape index (κ2) is 12.0. The third-order valence-electron chi connectivity index (χ3n) is 6.96. The average molecular weight is 558 g/mol. The van der Waals surface area contributed by atoms with Gasteiger partial charge in [0.1, 0.15) is 5.75 Å². The fourth-order valence-corrected chi connectivity index (χ4v) is 5.23. The molecule has 39 heavy (non-hydrogen) atoms. The minimum absolute atomic E-state index is 0.252. The van der Waals surface area contributed by atoms with Crippen molar-refractivity contribution in [2.24, 2.45) is 5.73 Å². The molecule has 2 heterocycles. The van der Waals surface area contributed by atoms with Crippen molar-refractivity contribution in [2.75, 3.05) is 32.7 Å². The number of piperazine rings is 1. The highest BCUT2D eigenvalue weighted by Crippen LogP contribution is 2.32. The largest absolute Gasteiger partial charge is 0.573 e. The van der Waals surface area contributed by atoms with Crippen LogP contribution in [0.4, 0.5) is 13.2 Å². The number of aromatic nitrogens is 2. The molecule has 6 nitrogen and oxygen atoms in total. The highest BCUT2D eigenvalue weighted by atomic mass is 35.5. The van der Waals surface area contributed by atoms with Crippen LogP contribution in [0.25, 0.3) is 22.2 Å². The molecule has 1 fully saturated rings. The maximum atomic E-state index is 12.6. The van der Waals surface area contributed by atoms with E-state index in [4.69, 9.17) is 22.4 Å². The van der Waals surface area contributed by atoms with Crippen LogP contribution in [0.3, 0.4) is 0 Å². The van der Waals surface area contributed by atoms with Crippen molar-refractivity contribution in [3.8, 4) is 17.0 Å². The quantitative estimate of drug-likeness (QED) is 0.277. The zero-order chi connectivity index (χ0) is 27.4. The first-order valence-electron chi connectivity index (χ1n) is 13.0. The van der Waals surface area contributed by atoms with Gasteiger partial charge in [-0.05, 0) is 66.6 Å². The lowest BCUT2D eigenvalue weighted by Gasteiger charge is -2.34. The molecule has 1 aromatic heterocycles. The van der Waals surface area contributed by atoms with Crippen molar-refractivity contribution >= 4 is 22.5 Å². The van der Waals surface area contributed by atoms with E-state index in [0.29, 0.717) is 13.1 Å². The zero-order valence-corrected chi connectivity index (χ0v) is 22.3. The Morgan fingerprint density at radius 3 is 2.26 bits per heavy atom. The summed E-state index contributed by atoms with van der Waals surface area (Å²) in [5, 5.41) is 6.54. The molecule has 4 aromatic rings. The molecule has 0 atom stereocenters. The monoisotopic (exact) mass is 557 g/mol. The van der Waals surface area contributed by atoms with E-state index in [1.807, 2.05) is 28.9 Å². The van der Waals surface area contributed by atoms with E-state index in [9.17, 15) is 13.2 Å². The Labute approximate surface area is 230 Å². The first kappa shape index (κ1) is 27.5. The smallest absolute Gasteiger partial charge is 0.406 e. The van der Waals surface area contributed by atoms with E-state index in [1.54, 1.807) is 12.1 Å². The third-order valence-corrected chi connectivity index (χ3v) is 7.33. The van der Waals surface area contributed by atoms with Crippen molar-refractivity contribution in [3.05, 3.63) is 82.9 Å². The Kier molecular flexibility index (Phi) is 8.42. The number of hydrogen-bond donors (Lipinski definition) is 1. The van der Waals surface area contributed by atoms with Crippen molar-refractivity contribution in [1.82, 2.24) is 19.6 Å². The maximum absolute atomic E-state index is 12.6. The molecular weight excluding hydrogens is 527 g/mol. The van der Waals surface area contributed by atoms with Crippen molar-refractivity contribution in [3.63, 3.8) is 0 Å². The van der Waals surface area contributed by atoms with Gasteiger partial charge >= 0.3 is 6.36 Å². The molecule has 10 heteroatoms. The summed E-state index contributed by atoms with van der Waals surface area (Å²) >= 11 is 6.35. The summed E-state index contributed by atoms with van der Waals surface area (Å²) in [4.78, 5) is 4.86. The molecule has 0 saturated carbocycles. The number of nitrogens with zero attached hydrogens (tertiary/aromatic N) is 4. The number of rotatable bonds is 9. The van der Waals surface area contributed by atoms with Gasteiger partial charge in [-0.25, -0.2) is 0 Å². The molecule has 0 aliphatic carbocycles. The molecule has 0 bridgehead atoms. The van der Waals surface area contributed by atoms with Gasteiger partial charge in [-0.3, -0.25) is 14.5 Å². The normalized spacial score (nSPS) is 15.2. The van der Waals surface area contributed by atoms with Gasteiger partial charge in [-0.15, -0.1) is 13.2 Å². The van der Waals surface area contributed by atoms with E-state index in [-0.39, 0.29) is 5.75 Å². The van der Waals surface area contributed by atoms with Gasteiger partial charge < -0.3 is 10.5 Å². The van der Waals surface area contributed by atoms with Crippen LogP contribution in [-0.2, 0) is 19.6 Å². The molecule has 1 aliphatic rings. The standard InChI is InChI=1S/C29H31ClF3N5O/c30-26-5-2-1-4-23(26)20-37-16-14-36(15-17-37)19-21-6-11-27-25(18-21)28(38(35-27)13-3-12-34)22-7-9-24(10-8-22)39-29(31,32)33/h1-2,4-11,18H,3,12-17,19-20,34H2. The number of halogens is 4. The Hall–Kier alpha value is -3.11. The van der Waals surface area contributed by atoms with Crippen molar-refractivity contribution < 1.29 is 17.9 Å². The van der Waals surface area contributed by atoms with E-state index >= 15 is 0 Å². The van der Waals surface area contributed by atoms with E-state index in [0.717, 1.165) is 78.4 Å². The lowest BCUT2D eigenvalue weighted by atomic mass is 10.0. The third kappa shape index (κ3) is 6.91. The zero-order valence-electron chi connectivity index (χ0n) is 21.5. The average Bonchev–Trinajstić information content (AvgIpc) is 3.27. The number of hydrogen-bond acceptors (Lipinski definition) is 5. The molecule has 0 amide bonds. The van der Waals surface area contributed by atoms with Gasteiger partial charge in [-0.2, -0.15) is 5.10 Å². The molecule has 3 aromatic carbocycles. The van der Waals surface area contributed by atoms with E-state index in [2.05, 4.69) is 32.7 Å². The maximum Gasteiger partial charge on any atom is 0.573 e. The van der Waals surface area contributed by atoms with Gasteiger partial charge in [0.15, 0.2) is 0 Å². The highest BCUT2D eigenvalue weighted by Gasteiger charge is 2.31. The van der Waals surface area contributed by atoms with Crippen molar-refractivity contribution in [2.45, 2.75) is 32.4 Å². The second-order valence-electron chi connectivity index (χ2n) is 9.78. The molecule has 0 spiro atoms. The second-order valence-corrected chi connectivity index (χ2v) is 10.2. The van der Waals surface area contributed by atoms with Crippen LogP contribution in [0, 0.1) is 0 Å². The fourth-order valence-electron chi connectivity index (χ4n) is 5.03. The Bertz CT molecular complexity index is 1400. The van der Waals surface area contributed by atoms with Gasteiger partial charge in [-0.1, -0.05) is 35.9 Å². The number of alkyl halides is 3. The summed E-state index contributed by atoms with van der Waals surface area (Å²) in [6.07, 6.45) is -3.99. The number of ether oxygens (including phenoxy) is 1. The molecule has 2 N–H and O–H groups in total. The molecule has 5 rings (SSSR count). The van der Waals surface area contributed by atoms with E-state index in [1.165, 1.54) is 17.7 Å². The highest BCUT2D eigenvalue weighted by molar-refractivity contribution is 6.31. The molecule has 0 unspecified atom stereocenters. The predicted octanol–water partition coefficient (Wildman–Crippen LogP) is 5.92. The van der Waals surface area contributed by atoms with Crippen LogP contribution >= 0.6 is 11.6 Å². The van der Waals surface area contributed by atoms with Crippen LogP contribution in [0.2, 0.25) is 5.02 Å². The Morgan fingerprint density at radius 2 is 1.59 bits per heavy atom.